The Bertz CT molecular complexity index is 595. The number of amides is 1. The summed E-state index contributed by atoms with van der Waals surface area (Å²) >= 11 is 7.13. The molecule has 2 rings (SSSR count). The first kappa shape index (κ1) is 14.8. The van der Waals surface area contributed by atoms with Gasteiger partial charge in [-0.3, -0.25) is 4.79 Å². The van der Waals surface area contributed by atoms with E-state index in [1.807, 2.05) is 31.2 Å². The highest BCUT2D eigenvalue weighted by Gasteiger charge is 2.16. The minimum Gasteiger partial charge on any atom is -0.378 e. The second-order valence-corrected chi connectivity index (χ2v) is 5.56. The Morgan fingerprint density at radius 1 is 1.35 bits per heavy atom. The van der Waals surface area contributed by atoms with Crippen molar-refractivity contribution in [1.82, 2.24) is 9.69 Å². The van der Waals surface area contributed by atoms with Gasteiger partial charge in [-0.25, -0.2) is 0 Å². The minimum absolute atomic E-state index is 0.0884. The van der Waals surface area contributed by atoms with Crippen LogP contribution in [0.4, 0.5) is 5.00 Å². The van der Waals surface area contributed by atoms with E-state index in [4.69, 9.17) is 11.6 Å². The Kier molecular flexibility index (Phi) is 4.98. The summed E-state index contributed by atoms with van der Waals surface area (Å²) in [6, 6.07) is 7.63. The van der Waals surface area contributed by atoms with Crippen LogP contribution in [0.15, 0.2) is 24.3 Å². The number of anilines is 1. The van der Waals surface area contributed by atoms with Crippen LogP contribution < -0.4 is 10.6 Å². The van der Waals surface area contributed by atoms with Crippen LogP contribution in [0.3, 0.4) is 0 Å². The zero-order valence-corrected chi connectivity index (χ0v) is 12.9. The molecule has 1 heterocycles. The van der Waals surface area contributed by atoms with Crippen LogP contribution in [-0.4, -0.2) is 23.9 Å². The van der Waals surface area contributed by atoms with E-state index in [0.29, 0.717) is 12.1 Å². The van der Waals surface area contributed by atoms with E-state index in [1.165, 1.54) is 11.5 Å². The van der Waals surface area contributed by atoms with Crippen LogP contribution in [0.1, 0.15) is 21.6 Å². The molecule has 0 aliphatic heterocycles. The van der Waals surface area contributed by atoms with E-state index in [1.54, 1.807) is 7.05 Å². The third-order valence-corrected chi connectivity index (χ3v) is 4.14. The molecule has 0 aliphatic rings. The molecule has 0 atom stereocenters. The van der Waals surface area contributed by atoms with Gasteiger partial charge in [0.1, 0.15) is 5.00 Å². The van der Waals surface area contributed by atoms with Crippen molar-refractivity contribution in [2.24, 2.45) is 0 Å². The highest BCUT2D eigenvalue weighted by atomic mass is 35.5. The summed E-state index contributed by atoms with van der Waals surface area (Å²) in [6.07, 6.45) is 0.772. The first-order valence-corrected chi connectivity index (χ1v) is 7.43. The van der Waals surface area contributed by atoms with Gasteiger partial charge in [-0.05, 0) is 42.6 Å². The number of aromatic nitrogens is 1. The number of nitrogens with one attached hydrogen (secondary N) is 2. The predicted octanol–water partition coefficient (Wildman–Crippen LogP) is 3.12. The Hall–Kier alpha value is -1.59. The van der Waals surface area contributed by atoms with E-state index in [9.17, 15) is 4.79 Å². The molecule has 0 spiro atoms. The molecular weight excluding hydrogens is 294 g/mol. The van der Waals surface area contributed by atoms with Gasteiger partial charge in [0, 0.05) is 18.6 Å². The maximum atomic E-state index is 12.1. The average molecular weight is 310 g/mol. The Morgan fingerprint density at radius 3 is 2.70 bits per heavy atom. The monoisotopic (exact) mass is 309 g/mol. The molecule has 1 aromatic heterocycles. The smallest absolute Gasteiger partial charge is 0.256 e. The molecule has 0 aliphatic carbocycles. The number of nitrogens with zero attached hydrogens (tertiary/aromatic N) is 1. The van der Waals surface area contributed by atoms with Crippen molar-refractivity contribution in [2.45, 2.75) is 13.3 Å². The van der Waals surface area contributed by atoms with Crippen molar-refractivity contribution in [3.63, 3.8) is 0 Å². The molecule has 4 nitrogen and oxygen atoms in total. The first-order chi connectivity index (χ1) is 9.61. The van der Waals surface area contributed by atoms with Gasteiger partial charge in [-0.2, -0.15) is 4.37 Å². The van der Waals surface area contributed by atoms with E-state index >= 15 is 0 Å². The molecule has 20 heavy (non-hydrogen) atoms. The fourth-order valence-corrected chi connectivity index (χ4v) is 2.74. The van der Waals surface area contributed by atoms with E-state index in [-0.39, 0.29) is 5.91 Å². The molecule has 1 amide bonds. The van der Waals surface area contributed by atoms with E-state index in [0.717, 1.165) is 27.7 Å². The number of hydrogen-bond acceptors (Lipinski definition) is 4. The van der Waals surface area contributed by atoms with Gasteiger partial charge in [0.2, 0.25) is 0 Å². The molecule has 1 aromatic carbocycles. The summed E-state index contributed by atoms with van der Waals surface area (Å²) in [5, 5.41) is 7.43. The lowest BCUT2D eigenvalue weighted by Gasteiger charge is -2.06. The van der Waals surface area contributed by atoms with E-state index in [2.05, 4.69) is 15.0 Å². The highest BCUT2D eigenvalue weighted by Crippen LogP contribution is 2.23. The van der Waals surface area contributed by atoms with Crippen LogP contribution in [0.25, 0.3) is 0 Å². The molecule has 0 bridgehead atoms. The molecule has 106 valence electrons. The number of carbonyl (C=O) groups excluding carboxylic acids is 1. The molecule has 0 unspecified atom stereocenters. The third kappa shape index (κ3) is 3.49. The number of aryl methyl sites for hydroxylation is 1. The van der Waals surface area contributed by atoms with Gasteiger partial charge in [0.05, 0.1) is 11.3 Å². The quantitative estimate of drug-likeness (QED) is 0.892. The number of rotatable bonds is 5. The number of carbonyl (C=O) groups is 1. The summed E-state index contributed by atoms with van der Waals surface area (Å²) < 4.78 is 4.19. The second kappa shape index (κ2) is 6.72. The molecule has 0 saturated carbocycles. The van der Waals surface area contributed by atoms with Crippen LogP contribution in [0.5, 0.6) is 0 Å². The van der Waals surface area contributed by atoms with Crippen molar-refractivity contribution in [2.75, 3.05) is 18.9 Å². The second-order valence-electron chi connectivity index (χ2n) is 4.35. The Morgan fingerprint density at radius 2 is 2.05 bits per heavy atom. The molecule has 2 N–H and O–H groups in total. The van der Waals surface area contributed by atoms with Crippen LogP contribution in [-0.2, 0) is 6.42 Å². The average Bonchev–Trinajstić information content (AvgIpc) is 2.82. The van der Waals surface area contributed by atoms with Gasteiger partial charge >= 0.3 is 0 Å². The summed E-state index contributed by atoms with van der Waals surface area (Å²) in [6.45, 7) is 2.42. The maximum absolute atomic E-state index is 12.1. The maximum Gasteiger partial charge on any atom is 0.256 e. The number of hydrogen-bond donors (Lipinski definition) is 2. The van der Waals surface area contributed by atoms with Crippen molar-refractivity contribution >= 4 is 34.0 Å². The lowest BCUT2D eigenvalue weighted by atomic mass is 10.1. The molecule has 0 saturated heterocycles. The molecule has 6 heteroatoms. The fraction of sp³-hybridized carbons (Fsp3) is 0.286. The third-order valence-electron chi connectivity index (χ3n) is 2.93. The number of halogens is 1. The lowest BCUT2D eigenvalue weighted by molar-refractivity contribution is 0.0954. The van der Waals surface area contributed by atoms with Crippen LogP contribution in [0.2, 0.25) is 5.02 Å². The predicted molar refractivity (Wildman–Crippen MR) is 83.9 cm³/mol. The standard InChI is InChI=1S/C14H16ClN3OS/c1-9-12(14(16-2)20-18-9)13(19)17-8-7-10-3-5-11(15)6-4-10/h3-6,16H,7-8H2,1-2H3,(H,17,19). The van der Waals surface area contributed by atoms with Crippen molar-refractivity contribution in [3.05, 3.63) is 46.1 Å². The molecule has 0 radical (unpaired) electrons. The summed E-state index contributed by atoms with van der Waals surface area (Å²) in [5.41, 5.74) is 2.53. The zero-order valence-electron chi connectivity index (χ0n) is 11.4. The molecular formula is C14H16ClN3OS. The van der Waals surface area contributed by atoms with Gasteiger partial charge in [-0.1, -0.05) is 23.7 Å². The largest absolute Gasteiger partial charge is 0.378 e. The molecule has 0 fully saturated rings. The van der Waals surface area contributed by atoms with Crippen LogP contribution in [0, 0.1) is 6.92 Å². The van der Waals surface area contributed by atoms with Crippen molar-refractivity contribution in [3.8, 4) is 0 Å². The van der Waals surface area contributed by atoms with Gasteiger partial charge in [0.25, 0.3) is 5.91 Å². The summed E-state index contributed by atoms with van der Waals surface area (Å²) in [4.78, 5) is 12.1. The molecule has 2 aromatic rings. The van der Waals surface area contributed by atoms with Gasteiger partial charge in [-0.15, -0.1) is 0 Å². The van der Waals surface area contributed by atoms with Gasteiger partial charge < -0.3 is 10.6 Å². The summed E-state index contributed by atoms with van der Waals surface area (Å²) in [7, 11) is 1.79. The first-order valence-electron chi connectivity index (χ1n) is 6.28. The van der Waals surface area contributed by atoms with Crippen LogP contribution >= 0.6 is 23.1 Å². The topological polar surface area (TPSA) is 54.0 Å². The highest BCUT2D eigenvalue weighted by molar-refractivity contribution is 7.10. The Balaban J connectivity index is 1.92. The zero-order chi connectivity index (χ0) is 14.5. The van der Waals surface area contributed by atoms with Gasteiger partial charge in [0.15, 0.2) is 0 Å². The normalized spacial score (nSPS) is 10.3. The minimum atomic E-state index is -0.0884. The number of benzene rings is 1. The van der Waals surface area contributed by atoms with E-state index < -0.39 is 0 Å². The SMILES string of the molecule is CNc1snc(C)c1C(=O)NCCc1ccc(Cl)cc1. The fourth-order valence-electron chi connectivity index (χ4n) is 1.87. The lowest BCUT2D eigenvalue weighted by Crippen LogP contribution is -2.26. The summed E-state index contributed by atoms with van der Waals surface area (Å²) in [5.74, 6) is -0.0884. The van der Waals surface area contributed by atoms with Crippen molar-refractivity contribution < 1.29 is 4.79 Å². The Labute approximate surface area is 127 Å². The van der Waals surface area contributed by atoms with Crippen molar-refractivity contribution in [1.29, 1.82) is 0 Å².